The Morgan fingerprint density at radius 1 is 1.22 bits per heavy atom. The second-order valence-corrected chi connectivity index (χ2v) is 8.23. The van der Waals surface area contributed by atoms with Crippen molar-refractivity contribution < 1.29 is 9.59 Å². The average Bonchev–Trinajstić information content (AvgIpc) is 2.65. The van der Waals surface area contributed by atoms with Crippen LogP contribution in [0.4, 0.5) is 5.69 Å². The molecular formula is C21H21BrN2O2S. The van der Waals surface area contributed by atoms with Gasteiger partial charge in [0.15, 0.2) is 0 Å². The monoisotopic (exact) mass is 444 g/mol. The zero-order valence-corrected chi connectivity index (χ0v) is 17.5. The molecule has 0 saturated carbocycles. The fraction of sp³-hybridized carbons (Fsp3) is 0.238. The molecule has 27 heavy (non-hydrogen) atoms. The molecule has 2 aromatic rings. The molecule has 3 rings (SSSR count). The molecule has 4 nitrogen and oxygen atoms in total. The molecule has 6 heteroatoms. The van der Waals surface area contributed by atoms with Crippen molar-refractivity contribution >= 4 is 51.3 Å². The molecule has 1 aliphatic heterocycles. The maximum atomic E-state index is 13.1. The number of hydrogen-bond donors (Lipinski definition) is 1. The first-order valence-corrected chi connectivity index (χ1v) is 10.5. The van der Waals surface area contributed by atoms with Gasteiger partial charge in [-0.25, -0.2) is 0 Å². The van der Waals surface area contributed by atoms with Crippen LogP contribution in [0.3, 0.4) is 0 Å². The number of rotatable bonds is 6. The lowest BCUT2D eigenvalue weighted by Crippen LogP contribution is -2.42. The third-order valence-electron chi connectivity index (χ3n) is 4.13. The summed E-state index contributed by atoms with van der Waals surface area (Å²) in [6.45, 7) is 2.73. The van der Waals surface area contributed by atoms with Crippen molar-refractivity contribution in [3.63, 3.8) is 0 Å². The minimum atomic E-state index is -0.149. The first-order valence-electron chi connectivity index (χ1n) is 8.91. The zero-order valence-electron chi connectivity index (χ0n) is 15.1. The van der Waals surface area contributed by atoms with E-state index < -0.39 is 0 Å². The molecule has 0 radical (unpaired) electrons. The lowest BCUT2D eigenvalue weighted by molar-refractivity contribution is -0.122. The fourth-order valence-electron chi connectivity index (χ4n) is 2.77. The minimum Gasteiger partial charge on any atom is -0.355 e. The molecule has 2 amide bonds. The van der Waals surface area contributed by atoms with Crippen LogP contribution in [0.25, 0.3) is 6.08 Å². The Balaban J connectivity index is 1.87. The molecule has 0 atom stereocenters. The Bertz CT molecular complexity index is 882. The smallest absolute Gasteiger partial charge is 0.265 e. The zero-order chi connectivity index (χ0) is 19.2. The molecule has 0 bridgehead atoms. The van der Waals surface area contributed by atoms with E-state index >= 15 is 0 Å². The van der Waals surface area contributed by atoms with Crippen LogP contribution in [-0.2, 0) is 9.59 Å². The highest BCUT2D eigenvalue weighted by Crippen LogP contribution is 2.41. The van der Waals surface area contributed by atoms with E-state index in [1.807, 2.05) is 54.6 Å². The summed E-state index contributed by atoms with van der Waals surface area (Å²) in [6, 6.07) is 15.5. The molecule has 0 aliphatic carbocycles. The standard InChI is InChI=1S/C21H21BrN2O2S/c1-2-3-11-23-20(25)14-24-17-9-4-5-10-18(17)27-19(21(24)26)13-15-7-6-8-16(22)12-15/h4-10,12-13H,2-3,11,14H2,1H3,(H,23,25). The highest BCUT2D eigenvalue weighted by atomic mass is 79.9. The number of fused-ring (bicyclic) bond motifs is 1. The van der Waals surface area contributed by atoms with E-state index in [2.05, 4.69) is 28.2 Å². The lowest BCUT2D eigenvalue weighted by Gasteiger charge is -2.29. The largest absolute Gasteiger partial charge is 0.355 e. The number of nitrogens with zero attached hydrogens (tertiary/aromatic N) is 1. The van der Waals surface area contributed by atoms with E-state index in [4.69, 9.17) is 0 Å². The molecular weight excluding hydrogens is 424 g/mol. The van der Waals surface area contributed by atoms with Gasteiger partial charge in [0.05, 0.1) is 10.6 Å². The number of unbranched alkanes of at least 4 members (excludes halogenated alkanes) is 1. The van der Waals surface area contributed by atoms with Gasteiger partial charge >= 0.3 is 0 Å². The van der Waals surface area contributed by atoms with Crippen LogP contribution >= 0.6 is 27.7 Å². The van der Waals surface area contributed by atoms with E-state index in [1.54, 1.807) is 4.90 Å². The Morgan fingerprint density at radius 3 is 2.81 bits per heavy atom. The highest BCUT2D eigenvalue weighted by Gasteiger charge is 2.30. The second kappa shape index (κ2) is 9.24. The molecule has 0 unspecified atom stereocenters. The van der Waals surface area contributed by atoms with Crippen molar-refractivity contribution in [3.05, 3.63) is 63.5 Å². The molecule has 0 spiro atoms. The summed E-state index contributed by atoms with van der Waals surface area (Å²) in [5.41, 5.74) is 1.72. The minimum absolute atomic E-state index is 0.0238. The number of thioether (sulfide) groups is 1. The summed E-state index contributed by atoms with van der Waals surface area (Å²) in [4.78, 5) is 28.5. The number of carbonyl (C=O) groups excluding carboxylic acids is 2. The Morgan fingerprint density at radius 2 is 2.04 bits per heavy atom. The predicted molar refractivity (Wildman–Crippen MR) is 115 cm³/mol. The van der Waals surface area contributed by atoms with Gasteiger partial charge in [-0.3, -0.25) is 14.5 Å². The van der Waals surface area contributed by atoms with Gasteiger partial charge in [0.1, 0.15) is 6.54 Å². The maximum absolute atomic E-state index is 13.1. The van der Waals surface area contributed by atoms with Crippen LogP contribution in [-0.4, -0.2) is 24.9 Å². The first-order chi connectivity index (χ1) is 13.1. The van der Waals surface area contributed by atoms with Gasteiger partial charge in [0.2, 0.25) is 5.91 Å². The predicted octanol–water partition coefficient (Wildman–Crippen LogP) is 4.85. The fourth-order valence-corrected chi connectivity index (χ4v) is 4.25. The van der Waals surface area contributed by atoms with Crippen LogP contribution < -0.4 is 10.2 Å². The van der Waals surface area contributed by atoms with Crippen molar-refractivity contribution in [1.29, 1.82) is 0 Å². The van der Waals surface area contributed by atoms with Gasteiger partial charge in [-0.05, 0) is 42.3 Å². The second-order valence-electron chi connectivity index (χ2n) is 6.23. The number of benzene rings is 2. The van der Waals surface area contributed by atoms with Crippen LogP contribution in [0.5, 0.6) is 0 Å². The molecule has 140 valence electrons. The van der Waals surface area contributed by atoms with E-state index in [0.717, 1.165) is 33.5 Å². The van der Waals surface area contributed by atoms with E-state index in [-0.39, 0.29) is 18.4 Å². The lowest BCUT2D eigenvalue weighted by atomic mass is 10.2. The Kier molecular flexibility index (Phi) is 6.74. The van der Waals surface area contributed by atoms with Gasteiger partial charge in [-0.2, -0.15) is 0 Å². The molecule has 0 fully saturated rings. The van der Waals surface area contributed by atoms with E-state index in [9.17, 15) is 9.59 Å². The Labute approximate surface area is 172 Å². The molecule has 0 aromatic heterocycles. The number of amides is 2. The van der Waals surface area contributed by atoms with Gasteiger partial charge in [0.25, 0.3) is 5.91 Å². The Hall–Kier alpha value is -2.05. The van der Waals surface area contributed by atoms with Gasteiger partial charge < -0.3 is 5.32 Å². The topological polar surface area (TPSA) is 49.4 Å². The number of carbonyl (C=O) groups is 2. The number of nitrogens with one attached hydrogen (secondary N) is 1. The average molecular weight is 445 g/mol. The van der Waals surface area contributed by atoms with Crippen molar-refractivity contribution in [3.8, 4) is 0 Å². The van der Waals surface area contributed by atoms with E-state index in [1.165, 1.54) is 11.8 Å². The summed E-state index contributed by atoms with van der Waals surface area (Å²) in [5.74, 6) is -0.287. The van der Waals surface area contributed by atoms with Crippen LogP contribution in [0.2, 0.25) is 0 Å². The van der Waals surface area contributed by atoms with Crippen molar-refractivity contribution in [2.24, 2.45) is 0 Å². The van der Waals surface area contributed by atoms with Crippen molar-refractivity contribution in [2.45, 2.75) is 24.7 Å². The third kappa shape index (κ3) is 5.02. The number of hydrogen-bond acceptors (Lipinski definition) is 3. The molecule has 1 aliphatic rings. The number of para-hydroxylation sites is 1. The summed E-state index contributed by atoms with van der Waals surface area (Å²) in [6.07, 6.45) is 3.82. The summed E-state index contributed by atoms with van der Waals surface area (Å²) >= 11 is 4.90. The first kappa shape index (κ1) is 19.7. The molecule has 0 saturated heterocycles. The summed E-state index contributed by atoms with van der Waals surface area (Å²) < 4.78 is 0.956. The highest BCUT2D eigenvalue weighted by molar-refractivity contribution is 9.10. The SMILES string of the molecule is CCCCNC(=O)CN1C(=O)C(=Cc2cccc(Br)c2)Sc2ccccc21. The number of halogens is 1. The molecule has 1 N–H and O–H groups in total. The third-order valence-corrected chi connectivity index (χ3v) is 5.70. The van der Waals surface area contributed by atoms with Crippen molar-refractivity contribution in [2.75, 3.05) is 18.0 Å². The molecule has 2 aromatic carbocycles. The van der Waals surface area contributed by atoms with Crippen LogP contribution in [0.15, 0.2) is 62.8 Å². The van der Waals surface area contributed by atoms with Crippen molar-refractivity contribution in [1.82, 2.24) is 5.32 Å². The normalized spacial score (nSPS) is 15.0. The maximum Gasteiger partial charge on any atom is 0.265 e. The van der Waals surface area contributed by atoms with Gasteiger partial charge in [-0.1, -0.05) is 65.3 Å². The number of anilines is 1. The summed E-state index contributed by atoms with van der Waals surface area (Å²) in [7, 11) is 0. The van der Waals surface area contributed by atoms with Crippen LogP contribution in [0.1, 0.15) is 25.3 Å². The summed E-state index contributed by atoms with van der Waals surface area (Å²) in [5, 5.41) is 2.89. The molecule has 1 heterocycles. The van der Waals surface area contributed by atoms with Gasteiger partial charge in [-0.15, -0.1) is 0 Å². The van der Waals surface area contributed by atoms with Gasteiger partial charge in [0, 0.05) is 15.9 Å². The quantitative estimate of drug-likeness (QED) is 0.511. The van der Waals surface area contributed by atoms with Crippen LogP contribution in [0, 0.1) is 0 Å². The van der Waals surface area contributed by atoms with E-state index in [0.29, 0.717) is 11.4 Å².